The van der Waals surface area contributed by atoms with Crippen LogP contribution < -0.4 is 4.90 Å². The predicted octanol–water partition coefficient (Wildman–Crippen LogP) is 3.73. The van der Waals surface area contributed by atoms with Crippen LogP contribution >= 0.6 is 11.3 Å². The number of hydrogen-bond donors (Lipinski definition) is 0. The number of ether oxygens (including phenoxy) is 2. The summed E-state index contributed by atoms with van der Waals surface area (Å²) in [5, 5.41) is 0.619. The first kappa shape index (κ1) is 17.5. The number of anilines is 1. The molecule has 1 aromatic carbocycles. The number of benzene rings is 1. The van der Waals surface area contributed by atoms with Gasteiger partial charge in [0.05, 0.1) is 22.5 Å². The molecule has 0 unspecified atom stereocenters. The Kier molecular flexibility index (Phi) is 4.77. The maximum absolute atomic E-state index is 13.1. The Morgan fingerprint density at radius 1 is 1.19 bits per heavy atom. The zero-order valence-electron chi connectivity index (χ0n) is 15.1. The molecule has 0 N–H and O–H groups in total. The van der Waals surface area contributed by atoms with E-state index in [4.69, 9.17) is 14.5 Å². The highest BCUT2D eigenvalue weighted by atomic mass is 32.1. The Hall–Kier alpha value is -2.93. The maximum atomic E-state index is 13.1. The minimum atomic E-state index is -0.283. The predicted molar refractivity (Wildman–Crippen MR) is 105 cm³/mol. The van der Waals surface area contributed by atoms with E-state index in [-0.39, 0.29) is 11.7 Å². The maximum Gasteiger partial charge on any atom is 0.298 e. The molecule has 0 atom stereocenters. The lowest BCUT2D eigenvalue weighted by Gasteiger charge is -2.22. The number of fused-ring (bicyclic) bond motifs is 1. The minimum absolute atomic E-state index is 0.185. The molecule has 138 valence electrons. The molecule has 3 heterocycles. The van der Waals surface area contributed by atoms with Gasteiger partial charge in [0.1, 0.15) is 19.5 Å². The van der Waals surface area contributed by atoms with Crippen molar-refractivity contribution >= 4 is 32.6 Å². The number of carbonyl (C=O) groups excluding carboxylic acids is 1. The fourth-order valence-corrected chi connectivity index (χ4v) is 3.97. The Morgan fingerprint density at radius 2 is 2.04 bits per heavy atom. The molecule has 0 saturated heterocycles. The summed E-state index contributed by atoms with van der Waals surface area (Å²) in [6.07, 6.45) is 3.09. The van der Waals surface area contributed by atoms with Gasteiger partial charge in [-0.2, -0.15) is 0 Å². The molecular formula is C20H19N3O3S. The highest BCUT2D eigenvalue weighted by Gasteiger charge is 2.27. The van der Waals surface area contributed by atoms with Crippen molar-refractivity contribution in [1.29, 1.82) is 0 Å². The number of amides is 1. The normalized spacial score (nSPS) is 13.6. The molecule has 6 nitrogen and oxygen atoms in total. The van der Waals surface area contributed by atoms with Gasteiger partial charge in [-0.3, -0.25) is 14.7 Å². The molecule has 1 aliphatic rings. The van der Waals surface area contributed by atoms with Gasteiger partial charge in [0.2, 0.25) is 5.76 Å². The van der Waals surface area contributed by atoms with Crippen molar-refractivity contribution in [3.8, 4) is 0 Å². The fraction of sp³-hybridized carbons (Fsp3) is 0.250. The zero-order chi connectivity index (χ0) is 18.8. The quantitative estimate of drug-likeness (QED) is 0.689. The first-order valence-corrected chi connectivity index (χ1v) is 9.48. The molecule has 7 heteroatoms. The molecule has 0 saturated carbocycles. The van der Waals surface area contributed by atoms with Gasteiger partial charge in [-0.05, 0) is 37.1 Å². The highest BCUT2D eigenvalue weighted by Crippen LogP contribution is 2.34. The standard InChI is InChI=1S/C20H19N3O3S/c1-13-6-7-14(2)18-17(13)22-20(27-18)23(11-15-5-3-4-8-21-15)19(24)16-12-25-9-10-26-16/h3-8,12H,9-11H2,1-2H3. The lowest BCUT2D eigenvalue weighted by molar-refractivity contribution is -0.120. The van der Waals surface area contributed by atoms with Gasteiger partial charge < -0.3 is 9.47 Å². The third-order valence-electron chi connectivity index (χ3n) is 4.31. The van der Waals surface area contributed by atoms with E-state index in [2.05, 4.69) is 18.0 Å². The largest absolute Gasteiger partial charge is 0.494 e. The monoisotopic (exact) mass is 381 g/mol. The van der Waals surface area contributed by atoms with Crippen molar-refractivity contribution in [2.75, 3.05) is 18.1 Å². The molecular weight excluding hydrogens is 362 g/mol. The van der Waals surface area contributed by atoms with Crippen LogP contribution in [0.4, 0.5) is 5.13 Å². The van der Waals surface area contributed by atoms with Crippen LogP contribution in [0.3, 0.4) is 0 Å². The Balaban J connectivity index is 1.77. The molecule has 1 amide bonds. The molecule has 0 spiro atoms. The lowest BCUT2D eigenvalue weighted by Crippen LogP contribution is -2.34. The Morgan fingerprint density at radius 3 is 2.74 bits per heavy atom. The van der Waals surface area contributed by atoms with E-state index < -0.39 is 0 Å². The van der Waals surface area contributed by atoms with E-state index in [9.17, 15) is 4.79 Å². The van der Waals surface area contributed by atoms with Gasteiger partial charge in [-0.15, -0.1) is 0 Å². The average Bonchev–Trinajstić information content (AvgIpc) is 3.16. The molecule has 0 radical (unpaired) electrons. The Labute approximate surface area is 161 Å². The van der Waals surface area contributed by atoms with E-state index in [0.717, 1.165) is 27.0 Å². The summed E-state index contributed by atoms with van der Waals surface area (Å²) in [7, 11) is 0. The third kappa shape index (κ3) is 3.50. The van der Waals surface area contributed by atoms with Gasteiger partial charge in [0, 0.05) is 6.20 Å². The van der Waals surface area contributed by atoms with E-state index in [1.165, 1.54) is 17.6 Å². The van der Waals surface area contributed by atoms with Crippen molar-refractivity contribution in [2.24, 2.45) is 0 Å². The lowest BCUT2D eigenvalue weighted by atomic mass is 10.1. The second-order valence-corrected chi connectivity index (χ2v) is 7.26. The van der Waals surface area contributed by atoms with E-state index in [1.807, 2.05) is 31.2 Å². The molecule has 0 bridgehead atoms. The van der Waals surface area contributed by atoms with Gasteiger partial charge in [-0.1, -0.05) is 29.5 Å². The topological polar surface area (TPSA) is 64.6 Å². The third-order valence-corrected chi connectivity index (χ3v) is 5.53. The van der Waals surface area contributed by atoms with Crippen molar-refractivity contribution in [1.82, 2.24) is 9.97 Å². The molecule has 0 fully saturated rings. The second kappa shape index (κ2) is 7.36. The number of thiazole rings is 1. The number of nitrogens with zero attached hydrogens (tertiary/aromatic N) is 3. The van der Waals surface area contributed by atoms with Crippen LogP contribution in [0, 0.1) is 13.8 Å². The first-order chi connectivity index (χ1) is 13.1. The average molecular weight is 381 g/mol. The zero-order valence-corrected chi connectivity index (χ0v) is 16.0. The van der Waals surface area contributed by atoms with Gasteiger partial charge in [0.25, 0.3) is 5.91 Å². The van der Waals surface area contributed by atoms with Crippen LogP contribution in [0.15, 0.2) is 48.5 Å². The summed E-state index contributed by atoms with van der Waals surface area (Å²) in [5.74, 6) is -0.0976. The van der Waals surface area contributed by atoms with Crippen molar-refractivity contribution in [3.63, 3.8) is 0 Å². The highest BCUT2D eigenvalue weighted by molar-refractivity contribution is 7.22. The van der Waals surface area contributed by atoms with Crippen LogP contribution in [-0.2, 0) is 20.8 Å². The molecule has 1 aliphatic heterocycles. The van der Waals surface area contributed by atoms with E-state index in [1.54, 1.807) is 11.1 Å². The SMILES string of the molecule is Cc1ccc(C)c2sc(N(Cc3ccccn3)C(=O)C3=COCCO3)nc12. The molecule has 2 aromatic heterocycles. The van der Waals surface area contributed by atoms with Crippen molar-refractivity contribution in [3.05, 3.63) is 65.4 Å². The van der Waals surface area contributed by atoms with Crippen LogP contribution in [0.1, 0.15) is 16.8 Å². The Bertz CT molecular complexity index is 975. The van der Waals surface area contributed by atoms with Crippen LogP contribution in [0.25, 0.3) is 10.2 Å². The van der Waals surface area contributed by atoms with Crippen molar-refractivity contribution in [2.45, 2.75) is 20.4 Å². The number of pyridine rings is 1. The summed E-state index contributed by atoms with van der Waals surface area (Å²) in [5.41, 5.74) is 3.92. The number of hydrogen-bond acceptors (Lipinski definition) is 6. The number of carbonyl (C=O) groups is 1. The van der Waals surface area contributed by atoms with E-state index in [0.29, 0.717) is 24.9 Å². The molecule has 4 rings (SSSR count). The summed E-state index contributed by atoms with van der Waals surface area (Å²) < 4.78 is 11.9. The minimum Gasteiger partial charge on any atom is -0.494 e. The van der Waals surface area contributed by atoms with Gasteiger partial charge >= 0.3 is 0 Å². The molecule has 3 aromatic rings. The number of aromatic nitrogens is 2. The number of aryl methyl sites for hydroxylation is 2. The van der Waals surface area contributed by atoms with E-state index >= 15 is 0 Å². The summed E-state index contributed by atoms with van der Waals surface area (Å²) in [6.45, 7) is 5.17. The van der Waals surface area contributed by atoms with Crippen molar-refractivity contribution < 1.29 is 14.3 Å². The first-order valence-electron chi connectivity index (χ1n) is 8.66. The van der Waals surface area contributed by atoms with Gasteiger partial charge in [0.15, 0.2) is 5.13 Å². The summed E-state index contributed by atoms with van der Waals surface area (Å²) >= 11 is 1.50. The molecule has 27 heavy (non-hydrogen) atoms. The number of rotatable bonds is 4. The van der Waals surface area contributed by atoms with Gasteiger partial charge in [-0.25, -0.2) is 4.98 Å². The van der Waals surface area contributed by atoms with Crippen LogP contribution in [0.5, 0.6) is 0 Å². The fourth-order valence-electron chi connectivity index (χ4n) is 2.86. The summed E-state index contributed by atoms with van der Waals surface area (Å²) in [6, 6.07) is 9.76. The smallest absolute Gasteiger partial charge is 0.298 e. The van der Waals surface area contributed by atoms with Crippen LogP contribution in [0.2, 0.25) is 0 Å². The summed E-state index contributed by atoms with van der Waals surface area (Å²) in [4.78, 5) is 23.9. The molecule has 0 aliphatic carbocycles. The van der Waals surface area contributed by atoms with Crippen LogP contribution in [-0.4, -0.2) is 29.1 Å². The second-order valence-electron chi connectivity index (χ2n) is 6.29.